The summed E-state index contributed by atoms with van der Waals surface area (Å²) in [5, 5.41) is 0. The molecule has 1 aromatic carbocycles. The first kappa shape index (κ1) is 14.2. The van der Waals surface area contributed by atoms with Crippen molar-refractivity contribution in [1.29, 1.82) is 0 Å². The Hall–Kier alpha value is -2.23. The van der Waals surface area contributed by atoms with Crippen molar-refractivity contribution in [3.63, 3.8) is 0 Å². The zero-order valence-electron chi connectivity index (χ0n) is 12.4. The van der Waals surface area contributed by atoms with Crippen LogP contribution in [0, 0.1) is 20.8 Å². The molecule has 0 radical (unpaired) electrons. The number of nitrogens with two attached hydrogens (primary N) is 1. The second kappa shape index (κ2) is 5.41. The van der Waals surface area contributed by atoms with Crippen LogP contribution < -0.4 is 5.73 Å². The first-order chi connectivity index (χ1) is 9.40. The van der Waals surface area contributed by atoms with E-state index in [0.29, 0.717) is 17.8 Å². The normalized spacial score (nSPS) is 10.6. The lowest BCUT2D eigenvalue weighted by Gasteiger charge is -2.19. The van der Waals surface area contributed by atoms with Crippen LogP contribution in [0.4, 0.5) is 5.69 Å². The number of nitrogens with zero attached hydrogens (tertiary/aromatic N) is 1. The van der Waals surface area contributed by atoms with Crippen molar-refractivity contribution in [2.75, 3.05) is 12.8 Å². The number of hydrogen-bond acceptors (Lipinski definition) is 3. The standard InChI is InChI=1S/C16H20N2O2/c1-10-7-11(2)15(17)8-14(10)16(19)18(4)9-13-5-6-20-12(13)3/h5-8H,9,17H2,1-4H3. The zero-order valence-corrected chi connectivity index (χ0v) is 12.4. The highest BCUT2D eigenvalue weighted by atomic mass is 16.3. The molecule has 0 unspecified atom stereocenters. The maximum Gasteiger partial charge on any atom is 0.254 e. The van der Waals surface area contributed by atoms with Gasteiger partial charge in [-0.1, -0.05) is 6.07 Å². The predicted octanol–water partition coefficient (Wildman–Crippen LogP) is 3.06. The van der Waals surface area contributed by atoms with Crippen molar-refractivity contribution in [2.24, 2.45) is 0 Å². The molecule has 4 nitrogen and oxygen atoms in total. The van der Waals surface area contributed by atoms with E-state index in [1.807, 2.05) is 32.9 Å². The topological polar surface area (TPSA) is 59.5 Å². The van der Waals surface area contributed by atoms with Gasteiger partial charge in [0.25, 0.3) is 5.91 Å². The van der Waals surface area contributed by atoms with E-state index in [1.54, 1.807) is 24.3 Å². The quantitative estimate of drug-likeness (QED) is 0.874. The van der Waals surface area contributed by atoms with E-state index in [4.69, 9.17) is 10.2 Å². The molecule has 0 atom stereocenters. The van der Waals surface area contributed by atoms with Crippen LogP contribution >= 0.6 is 0 Å². The minimum Gasteiger partial charge on any atom is -0.469 e. The molecule has 0 saturated heterocycles. The average molecular weight is 272 g/mol. The van der Waals surface area contributed by atoms with Gasteiger partial charge in [0.1, 0.15) is 5.76 Å². The third-order valence-electron chi connectivity index (χ3n) is 3.56. The number of rotatable bonds is 3. The van der Waals surface area contributed by atoms with Gasteiger partial charge < -0.3 is 15.1 Å². The van der Waals surface area contributed by atoms with Crippen molar-refractivity contribution >= 4 is 11.6 Å². The number of furan rings is 1. The van der Waals surface area contributed by atoms with Gasteiger partial charge in [-0.15, -0.1) is 0 Å². The number of carbonyl (C=O) groups is 1. The smallest absolute Gasteiger partial charge is 0.254 e. The summed E-state index contributed by atoms with van der Waals surface area (Å²) in [5.41, 5.74) is 10.1. The molecule has 0 fully saturated rings. The molecule has 1 heterocycles. The molecule has 2 N–H and O–H groups in total. The second-order valence-corrected chi connectivity index (χ2v) is 5.19. The Balaban J connectivity index is 2.23. The molecule has 1 aromatic heterocycles. The minimum atomic E-state index is -0.0326. The molecule has 4 heteroatoms. The summed E-state index contributed by atoms with van der Waals surface area (Å²) in [5.74, 6) is 0.805. The lowest BCUT2D eigenvalue weighted by Crippen LogP contribution is -2.27. The number of anilines is 1. The van der Waals surface area contributed by atoms with Crippen LogP contribution in [0.3, 0.4) is 0 Å². The van der Waals surface area contributed by atoms with E-state index in [0.717, 1.165) is 22.5 Å². The Kier molecular flexibility index (Phi) is 3.84. The Morgan fingerprint density at radius 2 is 1.95 bits per heavy atom. The Bertz CT molecular complexity index is 644. The minimum absolute atomic E-state index is 0.0326. The highest BCUT2D eigenvalue weighted by Gasteiger charge is 2.16. The molecule has 106 valence electrons. The fraction of sp³-hybridized carbons (Fsp3) is 0.312. The van der Waals surface area contributed by atoms with Crippen molar-refractivity contribution in [3.05, 3.63) is 52.5 Å². The van der Waals surface area contributed by atoms with Crippen LogP contribution in [-0.4, -0.2) is 17.9 Å². The fourth-order valence-corrected chi connectivity index (χ4v) is 2.21. The fourth-order valence-electron chi connectivity index (χ4n) is 2.21. The van der Waals surface area contributed by atoms with E-state index in [2.05, 4.69) is 0 Å². The molecule has 0 aliphatic rings. The van der Waals surface area contributed by atoms with Crippen LogP contribution in [0.5, 0.6) is 0 Å². The maximum atomic E-state index is 12.5. The first-order valence-electron chi connectivity index (χ1n) is 6.55. The van der Waals surface area contributed by atoms with Gasteiger partial charge in [0, 0.05) is 30.4 Å². The molecule has 1 amide bonds. The van der Waals surface area contributed by atoms with Crippen LogP contribution in [-0.2, 0) is 6.54 Å². The summed E-state index contributed by atoms with van der Waals surface area (Å²) in [6, 6.07) is 5.58. The highest BCUT2D eigenvalue weighted by Crippen LogP contribution is 2.20. The SMILES string of the molecule is Cc1cc(C)c(C(=O)N(C)Cc2ccoc2C)cc1N. The molecule has 0 saturated carbocycles. The highest BCUT2D eigenvalue weighted by molar-refractivity contribution is 5.96. The number of benzene rings is 1. The van der Waals surface area contributed by atoms with Gasteiger partial charge in [-0.3, -0.25) is 4.79 Å². The number of nitrogen functional groups attached to an aromatic ring is 1. The molecule has 2 rings (SSSR count). The van der Waals surface area contributed by atoms with E-state index >= 15 is 0 Å². The summed E-state index contributed by atoms with van der Waals surface area (Å²) in [7, 11) is 1.78. The number of hydrogen-bond donors (Lipinski definition) is 1. The van der Waals surface area contributed by atoms with Gasteiger partial charge >= 0.3 is 0 Å². The van der Waals surface area contributed by atoms with Gasteiger partial charge in [-0.05, 0) is 44.0 Å². The summed E-state index contributed by atoms with van der Waals surface area (Å²) >= 11 is 0. The van der Waals surface area contributed by atoms with E-state index in [1.165, 1.54) is 0 Å². The van der Waals surface area contributed by atoms with Gasteiger partial charge in [-0.2, -0.15) is 0 Å². The molecule has 0 aliphatic heterocycles. The van der Waals surface area contributed by atoms with Crippen molar-refractivity contribution in [1.82, 2.24) is 4.90 Å². The first-order valence-corrected chi connectivity index (χ1v) is 6.55. The summed E-state index contributed by atoms with van der Waals surface area (Å²) in [6.07, 6.45) is 1.64. The molecular formula is C16H20N2O2. The third kappa shape index (κ3) is 2.69. The molecule has 0 bridgehead atoms. The van der Waals surface area contributed by atoms with Crippen LogP contribution in [0.1, 0.15) is 32.8 Å². The summed E-state index contributed by atoms with van der Waals surface area (Å²) < 4.78 is 5.25. The van der Waals surface area contributed by atoms with Crippen molar-refractivity contribution in [3.8, 4) is 0 Å². The van der Waals surface area contributed by atoms with Crippen LogP contribution in [0.2, 0.25) is 0 Å². The van der Waals surface area contributed by atoms with Gasteiger partial charge in [-0.25, -0.2) is 0 Å². The predicted molar refractivity (Wildman–Crippen MR) is 79.6 cm³/mol. The van der Waals surface area contributed by atoms with Crippen molar-refractivity contribution < 1.29 is 9.21 Å². The molecule has 20 heavy (non-hydrogen) atoms. The molecular weight excluding hydrogens is 252 g/mol. The summed E-state index contributed by atoms with van der Waals surface area (Å²) in [4.78, 5) is 14.2. The van der Waals surface area contributed by atoms with E-state index < -0.39 is 0 Å². The largest absolute Gasteiger partial charge is 0.469 e. The third-order valence-corrected chi connectivity index (χ3v) is 3.56. The monoisotopic (exact) mass is 272 g/mol. The molecule has 0 aliphatic carbocycles. The molecule has 2 aromatic rings. The number of amides is 1. The maximum absolute atomic E-state index is 12.5. The Morgan fingerprint density at radius 3 is 2.55 bits per heavy atom. The lowest BCUT2D eigenvalue weighted by molar-refractivity contribution is 0.0784. The van der Waals surface area contributed by atoms with Crippen LogP contribution in [0.25, 0.3) is 0 Å². The van der Waals surface area contributed by atoms with E-state index in [-0.39, 0.29) is 5.91 Å². The number of carbonyl (C=O) groups excluding carboxylic acids is 1. The summed E-state index contributed by atoms with van der Waals surface area (Å²) in [6.45, 7) is 6.28. The van der Waals surface area contributed by atoms with Crippen LogP contribution in [0.15, 0.2) is 28.9 Å². The molecule has 0 spiro atoms. The zero-order chi connectivity index (χ0) is 14.9. The number of aryl methyl sites for hydroxylation is 3. The van der Waals surface area contributed by atoms with E-state index in [9.17, 15) is 4.79 Å². The van der Waals surface area contributed by atoms with Gasteiger partial charge in [0.05, 0.1) is 6.26 Å². The average Bonchev–Trinajstić information content (AvgIpc) is 2.78. The van der Waals surface area contributed by atoms with Crippen molar-refractivity contribution in [2.45, 2.75) is 27.3 Å². The Morgan fingerprint density at radius 1 is 1.25 bits per heavy atom. The Labute approximate surface area is 119 Å². The van der Waals surface area contributed by atoms with Gasteiger partial charge in [0.2, 0.25) is 0 Å². The lowest BCUT2D eigenvalue weighted by atomic mass is 10.0. The van der Waals surface area contributed by atoms with Gasteiger partial charge in [0.15, 0.2) is 0 Å². The second-order valence-electron chi connectivity index (χ2n) is 5.19.